The first-order valence-electron chi connectivity index (χ1n) is 9.30. The molecule has 3 heterocycles. The molecule has 1 atom stereocenters. The third kappa shape index (κ3) is 3.61. The van der Waals surface area contributed by atoms with Gasteiger partial charge in [-0.25, -0.2) is 0 Å². The number of aromatic amines is 1. The van der Waals surface area contributed by atoms with Gasteiger partial charge in [-0.3, -0.25) is 10.00 Å². The minimum absolute atomic E-state index is 0.149. The Morgan fingerprint density at radius 3 is 2.67 bits per heavy atom. The van der Waals surface area contributed by atoms with Crippen LogP contribution < -0.4 is 5.32 Å². The summed E-state index contributed by atoms with van der Waals surface area (Å²) in [6, 6.07) is 5.83. The van der Waals surface area contributed by atoms with Gasteiger partial charge < -0.3 is 10.4 Å². The Balaban J connectivity index is 1.46. The van der Waals surface area contributed by atoms with Gasteiger partial charge in [0, 0.05) is 25.2 Å². The van der Waals surface area contributed by atoms with E-state index in [-0.39, 0.29) is 5.92 Å². The summed E-state index contributed by atoms with van der Waals surface area (Å²) in [6.45, 7) is 2.64. The summed E-state index contributed by atoms with van der Waals surface area (Å²) in [4.78, 5) is 1.91. The minimum Gasteiger partial charge on any atom is -0.372 e. The van der Waals surface area contributed by atoms with E-state index < -0.39 is 18.0 Å². The summed E-state index contributed by atoms with van der Waals surface area (Å²) in [5.74, 6) is -0.149. The molecule has 4 rings (SSSR count). The van der Waals surface area contributed by atoms with Gasteiger partial charge in [-0.2, -0.15) is 18.3 Å². The van der Waals surface area contributed by atoms with Crippen LogP contribution in [0.25, 0.3) is 0 Å². The van der Waals surface area contributed by atoms with E-state index in [4.69, 9.17) is 0 Å². The van der Waals surface area contributed by atoms with E-state index in [9.17, 15) is 18.3 Å². The molecule has 0 radical (unpaired) electrons. The molecule has 5 nitrogen and oxygen atoms in total. The number of hydrogen-bond donors (Lipinski definition) is 3. The highest BCUT2D eigenvalue weighted by molar-refractivity contribution is 5.33. The summed E-state index contributed by atoms with van der Waals surface area (Å²) < 4.78 is 39.9. The van der Waals surface area contributed by atoms with Crippen molar-refractivity contribution in [1.29, 1.82) is 0 Å². The molecule has 1 unspecified atom stereocenters. The quantitative estimate of drug-likeness (QED) is 0.766. The van der Waals surface area contributed by atoms with Gasteiger partial charge in [0.1, 0.15) is 5.69 Å². The first kappa shape index (κ1) is 18.5. The van der Waals surface area contributed by atoms with Crippen molar-refractivity contribution in [2.75, 3.05) is 19.6 Å². The Hall–Kier alpha value is -1.90. The summed E-state index contributed by atoms with van der Waals surface area (Å²) in [7, 11) is 0. The predicted octanol–water partition coefficient (Wildman–Crippen LogP) is 2.94. The van der Waals surface area contributed by atoms with Crippen LogP contribution in [0, 0.1) is 0 Å². The normalized spacial score (nSPS) is 20.4. The second kappa shape index (κ2) is 7.26. The SMILES string of the molecule is OC(c1n[nH]c2c1CCNC2)N1CCC(c2ccccc2C(F)(F)F)CC1. The number of aliphatic hydroxyl groups is 1. The van der Waals surface area contributed by atoms with Gasteiger partial charge in [-0.1, -0.05) is 18.2 Å². The van der Waals surface area contributed by atoms with Crippen LogP contribution in [0.15, 0.2) is 24.3 Å². The highest BCUT2D eigenvalue weighted by Crippen LogP contribution is 2.39. The number of benzene rings is 1. The summed E-state index contributed by atoms with van der Waals surface area (Å²) in [5, 5.41) is 21.3. The lowest BCUT2D eigenvalue weighted by molar-refractivity contribution is -0.138. The summed E-state index contributed by atoms with van der Waals surface area (Å²) in [6.07, 6.45) is -3.18. The number of nitrogens with one attached hydrogen (secondary N) is 2. The number of halogens is 3. The number of hydrogen-bond acceptors (Lipinski definition) is 4. The van der Waals surface area contributed by atoms with Gasteiger partial charge >= 0.3 is 6.18 Å². The number of alkyl halides is 3. The average molecular weight is 380 g/mol. The van der Waals surface area contributed by atoms with Gasteiger partial charge in [-0.05, 0) is 43.4 Å². The van der Waals surface area contributed by atoms with E-state index in [0.717, 1.165) is 30.3 Å². The molecule has 2 aliphatic rings. The van der Waals surface area contributed by atoms with Gasteiger partial charge in [0.2, 0.25) is 0 Å². The van der Waals surface area contributed by atoms with Crippen molar-refractivity contribution in [1.82, 2.24) is 20.4 Å². The summed E-state index contributed by atoms with van der Waals surface area (Å²) in [5.41, 5.74) is 2.54. The number of likely N-dealkylation sites (tertiary alicyclic amines) is 1. The molecular weight excluding hydrogens is 357 g/mol. The molecule has 8 heteroatoms. The van der Waals surface area contributed by atoms with E-state index in [1.54, 1.807) is 12.1 Å². The highest BCUT2D eigenvalue weighted by Gasteiger charge is 2.36. The van der Waals surface area contributed by atoms with Crippen molar-refractivity contribution >= 4 is 0 Å². The van der Waals surface area contributed by atoms with E-state index in [1.807, 2.05) is 4.90 Å². The molecule has 1 fully saturated rings. The van der Waals surface area contributed by atoms with Gasteiger partial charge in [0.05, 0.1) is 11.3 Å². The molecule has 1 saturated heterocycles. The zero-order valence-electron chi connectivity index (χ0n) is 14.9. The molecule has 2 aliphatic heterocycles. The number of fused-ring (bicyclic) bond motifs is 1. The lowest BCUT2D eigenvalue weighted by Crippen LogP contribution is -2.37. The minimum atomic E-state index is -4.34. The van der Waals surface area contributed by atoms with E-state index >= 15 is 0 Å². The molecule has 3 N–H and O–H groups in total. The van der Waals surface area contributed by atoms with Gasteiger partial charge in [-0.15, -0.1) is 0 Å². The van der Waals surface area contributed by atoms with Crippen LogP contribution in [-0.2, 0) is 19.1 Å². The zero-order valence-corrected chi connectivity index (χ0v) is 14.9. The molecule has 2 aromatic rings. The number of aliphatic hydroxyl groups excluding tert-OH is 1. The summed E-state index contributed by atoms with van der Waals surface area (Å²) >= 11 is 0. The maximum atomic E-state index is 13.3. The molecule has 146 valence electrons. The van der Waals surface area contributed by atoms with Gasteiger partial charge in [0.25, 0.3) is 0 Å². The Kier molecular flexibility index (Phi) is 4.96. The van der Waals surface area contributed by atoms with Crippen molar-refractivity contribution < 1.29 is 18.3 Å². The van der Waals surface area contributed by atoms with Crippen molar-refractivity contribution in [2.45, 2.75) is 44.1 Å². The third-order valence-electron chi connectivity index (χ3n) is 5.66. The Morgan fingerprint density at radius 2 is 1.93 bits per heavy atom. The van der Waals surface area contributed by atoms with E-state index in [1.165, 1.54) is 6.07 Å². The number of aromatic nitrogens is 2. The average Bonchev–Trinajstić information content (AvgIpc) is 3.11. The molecule has 27 heavy (non-hydrogen) atoms. The van der Waals surface area contributed by atoms with Gasteiger partial charge in [0.15, 0.2) is 6.23 Å². The molecule has 0 amide bonds. The lowest BCUT2D eigenvalue weighted by Gasteiger charge is -2.35. The topological polar surface area (TPSA) is 64.2 Å². The monoisotopic (exact) mass is 380 g/mol. The number of rotatable bonds is 3. The maximum absolute atomic E-state index is 13.3. The van der Waals surface area contributed by atoms with Crippen LogP contribution in [-0.4, -0.2) is 39.8 Å². The van der Waals surface area contributed by atoms with E-state index in [2.05, 4.69) is 15.5 Å². The van der Waals surface area contributed by atoms with Crippen molar-refractivity contribution in [3.8, 4) is 0 Å². The number of nitrogens with zero attached hydrogens (tertiary/aromatic N) is 2. The number of H-pyrrole nitrogens is 1. The van der Waals surface area contributed by atoms with E-state index in [0.29, 0.717) is 43.7 Å². The zero-order chi connectivity index (χ0) is 19.0. The lowest BCUT2D eigenvalue weighted by atomic mass is 9.86. The van der Waals surface area contributed by atoms with Crippen LogP contribution in [0.3, 0.4) is 0 Å². The van der Waals surface area contributed by atoms with Crippen LogP contribution in [0.5, 0.6) is 0 Å². The van der Waals surface area contributed by atoms with Crippen LogP contribution in [0.2, 0.25) is 0 Å². The first-order valence-corrected chi connectivity index (χ1v) is 9.30. The predicted molar refractivity (Wildman–Crippen MR) is 94.0 cm³/mol. The first-order chi connectivity index (χ1) is 12.9. The third-order valence-corrected chi connectivity index (χ3v) is 5.66. The fourth-order valence-electron chi connectivity index (χ4n) is 4.22. The fourth-order valence-corrected chi connectivity index (χ4v) is 4.22. The number of piperidine rings is 1. The van der Waals surface area contributed by atoms with Crippen molar-refractivity contribution in [3.63, 3.8) is 0 Å². The molecular formula is C19H23F3N4O. The fraction of sp³-hybridized carbons (Fsp3) is 0.526. The largest absolute Gasteiger partial charge is 0.416 e. The standard InChI is InChI=1S/C19H23F3N4O/c20-19(21,22)15-4-2-1-3-13(15)12-6-9-26(10-7-12)18(27)17-14-5-8-23-11-16(14)24-25-17/h1-4,12,18,23,27H,5-11H2,(H,24,25). The smallest absolute Gasteiger partial charge is 0.372 e. The molecule has 0 bridgehead atoms. The van der Waals surface area contributed by atoms with Crippen molar-refractivity contribution in [2.24, 2.45) is 0 Å². The van der Waals surface area contributed by atoms with Crippen LogP contribution in [0.1, 0.15) is 53.1 Å². The second-order valence-corrected chi connectivity index (χ2v) is 7.26. The molecule has 0 spiro atoms. The molecule has 0 saturated carbocycles. The molecule has 1 aromatic heterocycles. The van der Waals surface area contributed by atoms with Crippen molar-refractivity contribution in [3.05, 3.63) is 52.3 Å². The Morgan fingerprint density at radius 1 is 1.19 bits per heavy atom. The second-order valence-electron chi connectivity index (χ2n) is 7.26. The molecule has 0 aliphatic carbocycles. The molecule has 1 aromatic carbocycles. The van der Waals surface area contributed by atoms with Crippen LogP contribution >= 0.6 is 0 Å². The highest BCUT2D eigenvalue weighted by atomic mass is 19.4. The maximum Gasteiger partial charge on any atom is 0.416 e. The Labute approximate surface area is 155 Å². The van der Waals surface area contributed by atoms with Crippen LogP contribution in [0.4, 0.5) is 13.2 Å². The Bertz CT molecular complexity index is 796.